The lowest BCUT2D eigenvalue weighted by Gasteiger charge is -2.32. The normalized spacial score (nSPS) is 15.3. The molecule has 1 fully saturated rings. The molecule has 0 bridgehead atoms. The second-order valence-electron chi connectivity index (χ2n) is 13.9. The third-order valence-corrected chi connectivity index (χ3v) is 10.2. The molecule has 3 amide bonds. The molecule has 2 aliphatic carbocycles. The van der Waals surface area contributed by atoms with Gasteiger partial charge in [-0.3, -0.25) is 9.59 Å². The molecule has 3 aromatic carbocycles. The van der Waals surface area contributed by atoms with Crippen LogP contribution in [0, 0.1) is 5.92 Å². The molecule has 2 atom stereocenters. The lowest BCUT2D eigenvalue weighted by atomic mass is 9.94. The van der Waals surface area contributed by atoms with Crippen molar-refractivity contribution in [3.8, 4) is 11.1 Å². The van der Waals surface area contributed by atoms with E-state index in [0.717, 1.165) is 40.7 Å². The van der Waals surface area contributed by atoms with Crippen LogP contribution in [0.5, 0.6) is 0 Å². The molecule has 53 heavy (non-hydrogen) atoms. The van der Waals surface area contributed by atoms with Gasteiger partial charge in [-0.15, -0.1) is 13.2 Å². The highest BCUT2D eigenvalue weighted by Crippen LogP contribution is 2.44. The van der Waals surface area contributed by atoms with Gasteiger partial charge in [0.15, 0.2) is 0 Å². The lowest BCUT2D eigenvalue weighted by Crippen LogP contribution is -2.53. The number of carbonyl (C=O) groups excluding carboxylic acids is 4. The maximum atomic E-state index is 13.8. The molecular formula is C43H51N3O7. The topological polar surface area (TPSA) is 134 Å². The van der Waals surface area contributed by atoms with Gasteiger partial charge < -0.3 is 30.1 Å². The number of rotatable bonds is 19. The summed E-state index contributed by atoms with van der Waals surface area (Å²) in [5.41, 5.74) is 4.52. The molecule has 3 N–H and O–H groups in total. The first-order valence-electron chi connectivity index (χ1n) is 18.5. The molecule has 280 valence electrons. The summed E-state index contributed by atoms with van der Waals surface area (Å²) in [4.78, 5) is 55.3. The number of ether oxygens (including phenoxy) is 2. The lowest BCUT2D eigenvalue weighted by molar-refractivity contribution is -0.149. The van der Waals surface area contributed by atoms with E-state index in [0.29, 0.717) is 25.8 Å². The summed E-state index contributed by atoms with van der Waals surface area (Å²) in [6.45, 7) is 7.86. The maximum Gasteiger partial charge on any atom is 0.407 e. The summed E-state index contributed by atoms with van der Waals surface area (Å²) in [5.74, 6) is -2.01. The fourth-order valence-corrected chi connectivity index (χ4v) is 7.39. The highest BCUT2D eigenvalue weighted by atomic mass is 16.6. The minimum atomic E-state index is -0.980. The third-order valence-electron chi connectivity index (χ3n) is 10.2. The van der Waals surface area contributed by atoms with Gasteiger partial charge in [-0.05, 0) is 59.9 Å². The molecule has 1 saturated carbocycles. The van der Waals surface area contributed by atoms with Crippen LogP contribution >= 0.6 is 0 Å². The van der Waals surface area contributed by atoms with E-state index in [1.807, 2.05) is 66.7 Å². The van der Waals surface area contributed by atoms with E-state index in [9.17, 15) is 24.3 Å². The molecular weight excluding hydrogens is 670 g/mol. The fourth-order valence-electron chi connectivity index (χ4n) is 7.39. The average Bonchev–Trinajstić information content (AvgIpc) is 3.77. The van der Waals surface area contributed by atoms with Crippen molar-refractivity contribution in [2.75, 3.05) is 26.4 Å². The number of nitrogens with zero attached hydrogens (tertiary/aromatic N) is 1. The largest absolute Gasteiger partial charge is 0.462 e. The van der Waals surface area contributed by atoms with E-state index in [-0.39, 0.29) is 63.4 Å². The van der Waals surface area contributed by atoms with Gasteiger partial charge >= 0.3 is 12.1 Å². The highest BCUT2D eigenvalue weighted by Gasteiger charge is 2.39. The number of aliphatic hydroxyl groups is 1. The van der Waals surface area contributed by atoms with Crippen LogP contribution in [0.1, 0.15) is 74.0 Å². The number of amides is 3. The number of esters is 1. The molecule has 0 aliphatic heterocycles. The van der Waals surface area contributed by atoms with Crippen molar-refractivity contribution in [1.82, 2.24) is 15.5 Å². The molecule has 0 unspecified atom stereocenters. The second-order valence-corrected chi connectivity index (χ2v) is 13.9. The predicted molar refractivity (Wildman–Crippen MR) is 204 cm³/mol. The van der Waals surface area contributed by atoms with Gasteiger partial charge in [0.25, 0.3) is 0 Å². The summed E-state index contributed by atoms with van der Waals surface area (Å²) in [6.07, 6.45) is 6.37. The van der Waals surface area contributed by atoms with E-state index in [1.54, 1.807) is 17.1 Å². The van der Waals surface area contributed by atoms with Crippen LogP contribution < -0.4 is 10.6 Å². The number of benzene rings is 3. The van der Waals surface area contributed by atoms with E-state index < -0.39 is 29.6 Å². The fraction of sp³-hybridized carbons (Fsp3) is 0.395. The van der Waals surface area contributed by atoms with Crippen molar-refractivity contribution in [3.63, 3.8) is 0 Å². The van der Waals surface area contributed by atoms with E-state index >= 15 is 0 Å². The smallest absolute Gasteiger partial charge is 0.407 e. The molecule has 10 nitrogen and oxygen atoms in total. The van der Waals surface area contributed by atoms with Gasteiger partial charge in [0.05, 0.1) is 18.1 Å². The van der Waals surface area contributed by atoms with E-state index in [2.05, 4.69) is 35.9 Å². The zero-order valence-corrected chi connectivity index (χ0v) is 30.3. The SMILES string of the molecule is C=CCC[C@H](NC(=O)OCC1c2ccccc2-c2ccccc21)C(=O)OCC1(NC(=O)[C@@H](CC=C)CC(=O)N(CCO)Cc2ccccc2)CCCC1. The number of nitrogens with one attached hydrogen (secondary N) is 2. The molecule has 10 heteroatoms. The van der Waals surface area contributed by atoms with Crippen LogP contribution in [0.3, 0.4) is 0 Å². The van der Waals surface area contributed by atoms with Gasteiger partial charge in [-0.25, -0.2) is 9.59 Å². The monoisotopic (exact) mass is 721 g/mol. The number of fused-ring (bicyclic) bond motifs is 3. The molecule has 2 aliphatic rings. The van der Waals surface area contributed by atoms with E-state index in [1.165, 1.54) is 0 Å². The zero-order chi connectivity index (χ0) is 37.6. The Morgan fingerprint density at radius 2 is 1.53 bits per heavy atom. The Balaban J connectivity index is 1.18. The number of aliphatic hydroxyl groups excluding tert-OH is 1. The molecule has 0 spiro atoms. The molecule has 0 saturated heterocycles. The summed E-state index contributed by atoms with van der Waals surface area (Å²) in [6, 6.07) is 24.6. The van der Waals surface area contributed by atoms with Crippen LogP contribution in [0.2, 0.25) is 0 Å². The van der Waals surface area contributed by atoms with Crippen LogP contribution in [-0.4, -0.2) is 71.8 Å². The average molecular weight is 722 g/mol. The Kier molecular flexibility index (Phi) is 14.0. The quantitative estimate of drug-likeness (QED) is 0.0959. The summed E-state index contributed by atoms with van der Waals surface area (Å²) in [5, 5.41) is 15.5. The summed E-state index contributed by atoms with van der Waals surface area (Å²) >= 11 is 0. The van der Waals surface area contributed by atoms with Crippen LogP contribution in [-0.2, 0) is 30.4 Å². The predicted octanol–water partition coefficient (Wildman–Crippen LogP) is 6.44. The van der Waals surface area contributed by atoms with Crippen molar-refractivity contribution >= 4 is 23.9 Å². The first-order valence-corrected chi connectivity index (χ1v) is 18.5. The number of allylic oxidation sites excluding steroid dienone is 2. The standard InChI is InChI=1S/C43H51N3O7/c1-3-5-22-38(44-42(51)52-29-37-35-20-11-9-18-33(35)34-19-10-12-21-36(34)37)41(50)53-30-43(23-13-14-24-43)45-40(49)32(15-4-2)27-39(48)46(25-26-47)28-31-16-7-6-8-17-31/h3-4,6-12,16-21,32,37-38,47H,1-2,5,13-15,22-30H2,(H,44,51)(H,45,49)/t32-,38-/m0/s1. The van der Waals surface area contributed by atoms with E-state index in [4.69, 9.17) is 9.47 Å². The maximum absolute atomic E-state index is 13.8. The number of hydrogen-bond acceptors (Lipinski definition) is 7. The summed E-state index contributed by atoms with van der Waals surface area (Å²) < 4.78 is 11.5. The minimum Gasteiger partial charge on any atom is -0.462 e. The number of alkyl carbamates (subject to hydrolysis) is 1. The molecule has 0 aromatic heterocycles. The molecule has 3 aromatic rings. The van der Waals surface area contributed by atoms with Gasteiger partial charge in [0.2, 0.25) is 11.8 Å². The van der Waals surface area contributed by atoms with Crippen LogP contribution in [0.4, 0.5) is 4.79 Å². The molecule has 0 heterocycles. The minimum absolute atomic E-state index is 0.0613. The zero-order valence-electron chi connectivity index (χ0n) is 30.3. The van der Waals surface area contributed by atoms with Crippen molar-refractivity contribution in [3.05, 3.63) is 121 Å². The van der Waals surface area contributed by atoms with Gasteiger partial charge in [0.1, 0.15) is 19.3 Å². The summed E-state index contributed by atoms with van der Waals surface area (Å²) in [7, 11) is 0. The highest BCUT2D eigenvalue weighted by molar-refractivity contribution is 5.87. The Hall–Kier alpha value is -5.22. The van der Waals surface area contributed by atoms with Crippen LogP contribution in [0.25, 0.3) is 11.1 Å². The molecule has 5 rings (SSSR count). The van der Waals surface area contributed by atoms with Crippen molar-refractivity contribution in [2.24, 2.45) is 5.92 Å². The van der Waals surface area contributed by atoms with Gasteiger partial charge in [-0.1, -0.05) is 104 Å². The Morgan fingerprint density at radius 1 is 0.887 bits per heavy atom. The van der Waals surface area contributed by atoms with Gasteiger partial charge in [0, 0.05) is 25.4 Å². The second kappa shape index (κ2) is 19.0. The first kappa shape index (κ1) is 39.0. The third kappa shape index (κ3) is 10.2. The molecule has 0 radical (unpaired) electrons. The Bertz CT molecular complexity index is 1690. The van der Waals surface area contributed by atoms with Crippen molar-refractivity contribution < 1.29 is 33.8 Å². The first-order chi connectivity index (χ1) is 25.8. The number of hydrogen-bond donors (Lipinski definition) is 3. The van der Waals surface area contributed by atoms with Gasteiger partial charge in [-0.2, -0.15) is 0 Å². The number of carbonyl (C=O) groups is 4. The van der Waals surface area contributed by atoms with Crippen LogP contribution in [0.15, 0.2) is 104 Å². The van der Waals surface area contributed by atoms with Crippen molar-refractivity contribution in [1.29, 1.82) is 0 Å². The Morgan fingerprint density at radius 3 is 2.15 bits per heavy atom. The van der Waals surface area contributed by atoms with Crippen molar-refractivity contribution in [2.45, 2.75) is 75.4 Å². The Labute approximate surface area is 312 Å².